The molecule has 0 saturated heterocycles. The van der Waals surface area contributed by atoms with Crippen molar-refractivity contribution in [3.8, 4) is 5.75 Å². The first-order valence-electron chi connectivity index (χ1n) is 5.45. The summed E-state index contributed by atoms with van der Waals surface area (Å²) in [7, 11) is 0. The number of nitrogens with one attached hydrogen (secondary N) is 1. The number of carbonyl (C=O) groups is 1. The molecule has 18 heavy (non-hydrogen) atoms. The van der Waals surface area contributed by atoms with Gasteiger partial charge in [-0.1, -0.05) is 24.3 Å². The van der Waals surface area contributed by atoms with Crippen LogP contribution in [-0.2, 0) is 0 Å². The molecule has 0 fully saturated rings. The molecule has 0 unspecified atom stereocenters. The summed E-state index contributed by atoms with van der Waals surface area (Å²) < 4.78 is 5.93. The van der Waals surface area contributed by atoms with Crippen LogP contribution in [0.5, 0.6) is 5.75 Å². The van der Waals surface area contributed by atoms with Crippen LogP contribution in [0, 0.1) is 6.92 Å². The second kappa shape index (κ2) is 5.69. The Kier molecular flexibility index (Phi) is 3.99. The third kappa shape index (κ3) is 3.34. The molecule has 3 nitrogen and oxygen atoms in total. The molecule has 4 heteroatoms. The molecule has 1 amide bonds. The van der Waals surface area contributed by atoms with Crippen LogP contribution in [0.25, 0.3) is 0 Å². The van der Waals surface area contributed by atoms with E-state index in [1.54, 1.807) is 12.1 Å². The fourth-order valence-electron chi connectivity index (χ4n) is 1.49. The van der Waals surface area contributed by atoms with Crippen molar-refractivity contribution in [1.29, 1.82) is 0 Å². The Morgan fingerprint density at radius 1 is 1.17 bits per heavy atom. The zero-order valence-corrected chi connectivity index (χ0v) is 11.4. The molecule has 0 aliphatic carbocycles. The van der Waals surface area contributed by atoms with Gasteiger partial charge >= 0.3 is 6.09 Å². The maximum absolute atomic E-state index is 11.7. The van der Waals surface area contributed by atoms with Crippen LogP contribution in [0.15, 0.2) is 53.0 Å². The molecule has 2 aromatic rings. The quantitative estimate of drug-likeness (QED) is 0.895. The lowest BCUT2D eigenvalue weighted by Gasteiger charge is -2.08. The maximum Gasteiger partial charge on any atom is 0.417 e. The lowest BCUT2D eigenvalue weighted by molar-refractivity contribution is 0.215. The van der Waals surface area contributed by atoms with E-state index in [0.29, 0.717) is 11.4 Å². The number of halogens is 1. The molecule has 0 bridgehead atoms. The fourth-order valence-corrected chi connectivity index (χ4v) is 1.86. The Labute approximate surface area is 114 Å². The largest absolute Gasteiger partial charge is 0.417 e. The number of ether oxygens (including phenoxy) is 1. The van der Waals surface area contributed by atoms with Crippen molar-refractivity contribution in [2.75, 3.05) is 5.32 Å². The number of hydrogen-bond acceptors (Lipinski definition) is 2. The third-order valence-electron chi connectivity index (χ3n) is 2.30. The van der Waals surface area contributed by atoms with E-state index in [2.05, 4.69) is 21.2 Å². The highest BCUT2D eigenvalue weighted by molar-refractivity contribution is 9.10. The summed E-state index contributed by atoms with van der Waals surface area (Å²) in [5.74, 6) is 0.489. The van der Waals surface area contributed by atoms with Gasteiger partial charge in [0, 0.05) is 5.69 Å². The molecule has 1 N–H and O–H groups in total. The van der Waals surface area contributed by atoms with Crippen LogP contribution in [0.3, 0.4) is 0 Å². The summed E-state index contributed by atoms with van der Waals surface area (Å²) >= 11 is 3.32. The Hall–Kier alpha value is -1.81. The smallest absolute Gasteiger partial charge is 0.409 e. The number of para-hydroxylation sites is 1. The number of anilines is 1. The molecule has 92 valence electrons. The van der Waals surface area contributed by atoms with Gasteiger partial charge in [0.15, 0.2) is 0 Å². The SMILES string of the molecule is Cc1cccc(NC(=O)Oc2ccccc2Br)c1. The molecule has 0 radical (unpaired) electrons. The van der Waals surface area contributed by atoms with Crippen molar-refractivity contribution in [2.24, 2.45) is 0 Å². The average molecular weight is 306 g/mol. The number of benzene rings is 2. The molecular formula is C14H12BrNO2. The van der Waals surface area contributed by atoms with Crippen LogP contribution in [0.2, 0.25) is 0 Å². The number of aryl methyl sites for hydroxylation is 1. The predicted octanol–water partition coefficient (Wildman–Crippen LogP) is 4.37. The zero-order valence-electron chi connectivity index (χ0n) is 9.81. The molecule has 0 saturated carbocycles. The lowest BCUT2D eigenvalue weighted by Crippen LogP contribution is -2.16. The van der Waals surface area contributed by atoms with Crippen LogP contribution in [0.1, 0.15) is 5.56 Å². The highest BCUT2D eigenvalue weighted by Gasteiger charge is 2.07. The summed E-state index contributed by atoms with van der Waals surface area (Å²) in [6.45, 7) is 1.96. The molecule has 0 heterocycles. The molecular weight excluding hydrogens is 294 g/mol. The molecule has 0 atom stereocenters. The number of hydrogen-bond donors (Lipinski definition) is 1. The minimum atomic E-state index is -0.507. The first-order chi connectivity index (χ1) is 8.65. The van der Waals surface area contributed by atoms with Crippen molar-refractivity contribution < 1.29 is 9.53 Å². The van der Waals surface area contributed by atoms with Crippen LogP contribution in [0.4, 0.5) is 10.5 Å². The van der Waals surface area contributed by atoms with Gasteiger partial charge in [0.05, 0.1) is 4.47 Å². The summed E-state index contributed by atoms with van der Waals surface area (Å²) in [4.78, 5) is 11.7. The highest BCUT2D eigenvalue weighted by Crippen LogP contribution is 2.24. The van der Waals surface area contributed by atoms with Gasteiger partial charge in [0.25, 0.3) is 0 Å². The first-order valence-corrected chi connectivity index (χ1v) is 6.24. The average Bonchev–Trinajstić information content (AvgIpc) is 2.32. The fraction of sp³-hybridized carbons (Fsp3) is 0.0714. The maximum atomic E-state index is 11.7. The summed E-state index contributed by atoms with van der Waals surface area (Å²) in [5, 5.41) is 2.68. The Balaban J connectivity index is 2.03. The third-order valence-corrected chi connectivity index (χ3v) is 2.96. The van der Waals surface area contributed by atoms with E-state index in [-0.39, 0.29) is 0 Å². The van der Waals surface area contributed by atoms with E-state index in [9.17, 15) is 4.79 Å². The summed E-state index contributed by atoms with van der Waals surface area (Å²) in [6, 6.07) is 14.7. The van der Waals surface area contributed by atoms with Gasteiger partial charge in [-0.15, -0.1) is 0 Å². The monoisotopic (exact) mass is 305 g/mol. The van der Waals surface area contributed by atoms with Crippen LogP contribution < -0.4 is 10.1 Å². The van der Waals surface area contributed by atoms with Crippen LogP contribution in [-0.4, -0.2) is 6.09 Å². The molecule has 0 spiro atoms. The van der Waals surface area contributed by atoms with Crippen molar-refractivity contribution in [1.82, 2.24) is 0 Å². The zero-order chi connectivity index (χ0) is 13.0. The predicted molar refractivity (Wildman–Crippen MR) is 75.0 cm³/mol. The van der Waals surface area contributed by atoms with E-state index in [4.69, 9.17) is 4.74 Å². The second-order valence-electron chi connectivity index (χ2n) is 3.81. The van der Waals surface area contributed by atoms with Crippen molar-refractivity contribution in [2.45, 2.75) is 6.92 Å². The van der Waals surface area contributed by atoms with Crippen molar-refractivity contribution in [3.05, 3.63) is 58.6 Å². The van der Waals surface area contributed by atoms with E-state index in [0.717, 1.165) is 10.0 Å². The van der Waals surface area contributed by atoms with Gasteiger partial charge in [-0.05, 0) is 52.7 Å². The van der Waals surface area contributed by atoms with Gasteiger partial charge in [-0.3, -0.25) is 5.32 Å². The first kappa shape index (κ1) is 12.6. The normalized spacial score (nSPS) is 9.89. The van der Waals surface area contributed by atoms with Gasteiger partial charge in [-0.25, -0.2) is 4.79 Å². The van der Waals surface area contributed by atoms with Gasteiger partial charge in [-0.2, -0.15) is 0 Å². The van der Waals surface area contributed by atoms with Gasteiger partial charge in [0.1, 0.15) is 5.75 Å². The lowest BCUT2D eigenvalue weighted by atomic mass is 10.2. The van der Waals surface area contributed by atoms with E-state index < -0.39 is 6.09 Å². The highest BCUT2D eigenvalue weighted by atomic mass is 79.9. The number of amides is 1. The summed E-state index contributed by atoms with van der Waals surface area (Å²) in [6.07, 6.45) is -0.507. The van der Waals surface area contributed by atoms with Gasteiger partial charge in [0.2, 0.25) is 0 Å². The van der Waals surface area contributed by atoms with Crippen molar-refractivity contribution >= 4 is 27.7 Å². The minimum Gasteiger partial charge on any atom is -0.409 e. The molecule has 0 aliphatic heterocycles. The van der Waals surface area contributed by atoms with Gasteiger partial charge < -0.3 is 4.74 Å². The van der Waals surface area contributed by atoms with Crippen molar-refractivity contribution in [3.63, 3.8) is 0 Å². The Morgan fingerprint density at radius 2 is 1.94 bits per heavy atom. The minimum absolute atomic E-state index is 0.489. The number of rotatable bonds is 2. The van der Waals surface area contributed by atoms with E-state index in [1.165, 1.54) is 0 Å². The second-order valence-corrected chi connectivity index (χ2v) is 4.67. The topological polar surface area (TPSA) is 38.3 Å². The molecule has 2 aromatic carbocycles. The van der Waals surface area contributed by atoms with E-state index in [1.807, 2.05) is 43.3 Å². The molecule has 0 aliphatic rings. The Morgan fingerprint density at radius 3 is 2.67 bits per heavy atom. The van der Waals surface area contributed by atoms with Crippen LogP contribution >= 0.6 is 15.9 Å². The Bertz CT molecular complexity index is 569. The van der Waals surface area contributed by atoms with E-state index >= 15 is 0 Å². The standard InChI is InChI=1S/C14H12BrNO2/c1-10-5-4-6-11(9-10)16-14(17)18-13-8-3-2-7-12(13)15/h2-9H,1H3,(H,16,17). The molecule has 2 rings (SSSR count). The summed E-state index contributed by atoms with van der Waals surface area (Å²) in [5.41, 5.74) is 1.79. The molecule has 0 aromatic heterocycles. The number of carbonyl (C=O) groups excluding carboxylic acids is 1.